The number of aromatic nitrogens is 1. The topological polar surface area (TPSA) is 57.3 Å². The molecule has 2 aromatic rings. The Morgan fingerprint density at radius 2 is 2.19 bits per heavy atom. The van der Waals surface area contributed by atoms with Gasteiger partial charge in [0.2, 0.25) is 0 Å². The third-order valence-corrected chi connectivity index (χ3v) is 5.25. The molecule has 0 spiro atoms. The number of anilines is 1. The molecule has 0 saturated carbocycles. The van der Waals surface area contributed by atoms with Crippen molar-refractivity contribution in [3.05, 3.63) is 57.6 Å². The van der Waals surface area contributed by atoms with Gasteiger partial charge in [0.1, 0.15) is 5.82 Å². The molecule has 2 N–H and O–H groups in total. The smallest absolute Gasteiger partial charge is 0.257 e. The maximum absolute atomic E-state index is 14.2. The lowest BCUT2D eigenvalue weighted by molar-refractivity contribution is 0.102. The Kier molecular flexibility index (Phi) is 6.09. The van der Waals surface area contributed by atoms with E-state index in [1.807, 2.05) is 6.92 Å². The van der Waals surface area contributed by atoms with E-state index < -0.39 is 0 Å². The molecule has 1 aromatic carbocycles. The lowest BCUT2D eigenvalue weighted by atomic mass is 10.0. The summed E-state index contributed by atoms with van der Waals surface area (Å²) in [4.78, 5) is 18.9. The van der Waals surface area contributed by atoms with E-state index in [-0.39, 0.29) is 11.7 Å². The summed E-state index contributed by atoms with van der Waals surface area (Å²) >= 11 is 6.05. The molecule has 0 aliphatic carbocycles. The number of rotatable bonds is 4. The van der Waals surface area contributed by atoms with E-state index in [9.17, 15) is 9.18 Å². The van der Waals surface area contributed by atoms with E-state index in [0.29, 0.717) is 34.6 Å². The average Bonchev–Trinajstić information content (AvgIpc) is 2.61. The Hall–Kier alpha value is -2.02. The second-order valence-electron chi connectivity index (χ2n) is 7.07. The van der Waals surface area contributed by atoms with Gasteiger partial charge >= 0.3 is 0 Å². The minimum Gasteiger partial charge on any atom is -0.322 e. The van der Waals surface area contributed by atoms with Crippen LogP contribution in [0.15, 0.2) is 24.4 Å². The number of nitrogens with zero attached hydrogens (tertiary/aromatic N) is 2. The summed E-state index contributed by atoms with van der Waals surface area (Å²) in [7, 11) is 0. The molecule has 5 nitrogen and oxygen atoms in total. The van der Waals surface area contributed by atoms with Crippen LogP contribution in [0.1, 0.15) is 34.1 Å². The molecule has 0 unspecified atom stereocenters. The number of piperazine rings is 1. The van der Waals surface area contributed by atoms with Crippen molar-refractivity contribution in [1.29, 1.82) is 0 Å². The third kappa shape index (κ3) is 4.83. The zero-order valence-corrected chi connectivity index (χ0v) is 16.5. The van der Waals surface area contributed by atoms with E-state index in [1.54, 1.807) is 19.1 Å². The largest absolute Gasteiger partial charge is 0.322 e. The maximum Gasteiger partial charge on any atom is 0.257 e. The van der Waals surface area contributed by atoms with Gasteiger partial charge in [0.05, 0.1) is 16.3 Å². The minimum absolute atomic E-state index is 0.340. The van der Waals surface area contributed by atoms with E-state index in [4.69, 9.17) is 11.6 Å². The molecule has 1 aliphatic rings. The summed E-state index contributed by atoms with van der Waals surface area (Å²) in [6, 6.07) is 4.87. The molecular formula is C20H24ClFN4O. The second-order valence-corrected chi connectivity index (χ2v) is 7.48. The SMILES string of the molecule is Cc1ncc(C(=O)Nc2cc(F)cc(CN3CCN[C@@H](C)C3)c2C)cc1Cl. The van der Waals surface area contributed by atoms with Crippen molar-refractivity contribution in [2.45, 2.75) is 33.4 Å². The van der Waals surface area contributed by atoms with Crippen molar-refractivity contribution in [2.24, 2.45) is 0 Å². The average molecular weight is 391 g/mol. The number of benzene rings is 1. The van der Waals surface area contributed by atoms with Gasteiger partial charge in [-0.25, -0.2) is 4.39 Å². The van der Waals surface area contributed by atoms with Crippen molar-refractivity contribution in [2.75, 3.05) is 25.0 Å². The van der Waals surface area contributed by atoms with E-state index in [1.165, 1.54) is 12.3 Å². The monoisotopic (exact) mass is 390 g/mol. The molecule has 144 valence electrons. The summed E-state index contributed by atoms with van der Waals surface area (Å²) in [6.45, 7) is 9.19. The van der Waals surface area contributed by atoms with Crippen LogP contribution in [0.25, 0.3) is 0 Å². The molecule has 1 atom stereocenters. The number of amides is 1. The fraction of sp³-hybridized carbons (Fsp3) is 0.400. The quantitative estimate of drug-likeness (QED) is 0.838. The van der Waals surface area contributed by atoms with Gasteiger partial charge in [0.25, 0.3) is 5.91 Å². The molecule has 1 saturated heterocycles. The number of aryl methyl sites for hydroxylation is 1. The first-order valence-electron chi connectivity index (χ1n) is 9.01. The second kappa shape index (κ2) is 8.33. The Morgan fingerprint density at radius 3 is 2.89 bits per heavy atom. The van der Waals surface area contributed by atoms with Crippen LogP contribution in [-0.4, -0.2) is 41.5 Å². The summed E-state index contributed by atoms with van der Waals surface area (Å²) in [5.74, 6) is -0.728. The standard InChI is InChI=1S/C20H24ClFN4O/c1-12-10-26(5-4-23-12)11-16-6-17(22)8-19(13(16)2)25-20(27)15-7-18(21)14(3)24-9-15/h6-9,12,23H,4-5,10-11H2,1-3H3,(H,25,27)/t12-/m0/s1. The van der Waals surface area contributed by atoms with Crippen molar-refractivity contribution in [1.82, 2.24) is 15.2 Å². The van der Waals surface area contributed by atoms with E-state index >= 15 is 0 Å². The van der Waals surface area contributed by atoms with E-state index in [0.717, 1.165) is 30.8 Å². The Morgan fingerprint density at radius 1 is 1.41 bits per heavy atom. The highest BCUT2D eigenvalue weighted by molar-refractivity contribution is 6.31. The zero-order chi connectivity index (χ0) is 19.6. The van der Waals surface area contributed by atoms with Crippen molar-refractivity contribution < 1.29 is 9.18 Å². The fourth-order valence-electron chi connectivity index (χ4n) is 3.25. The van der Waals surface area contributed by atoms with Gasteiger partial charge in [-0.3, -0.25) is 14.7 Å². The molecule has 1 aliphatic heterocycles. The number of hydrogen-bond acceptors (Lipinski definition) is 4. The predicted octanol–water partition coefficient (Wildman–Crippen LogP) is 3.54. The number of pyridine rings is 1. The highest BCUT2D eigenvalue weighted by Gasteiger charge is 2.18. The van der Waals surface area contributed by atoms with Crippen molar-refractivity contribution >= 4 is 23.2 Å². The lowest BCUT2D eigenvalue weighted by Crippen LogP contribution is -2.48. The molecule has 3 rings (SSSR count). The van der Waals surface area contributed by atoms with Crippen LogP contribution >= 0.6 is 11.6 Å². The van der Waals surface area contributed by atoms with E-state index in [2.05, 4.69) is 27.4 Å². The predicted molar refractivity (Wildman–Crippen MR) is 106 cm³/mol. The highest BCUT2D eigenvalue weighted by Crippen LogP contribution is 2.24. The Balaban J connectivity index is 1.80. The minimum atomic E-state index is -0.367. The first-order valence-corrected chi connectivity index (χ1v) is 9.39. The van der Waals surface area contributed by atoms with Gasteiger partial charge in [0, 0.05) is 44.1 Å². The molecule has 0 radical (unpaired) electrons. The number of carbonyl (C=O) groups is 1. The first kappa shape index (κ1) is 19.7. The van der Waals surface area contributed by atoms with Crippen LogP contribution in [0.2, 0.25) is 5.02 Å². The molecular weight excluding hydrogens is 367 g/mol. The van der Waals surface area contributed by atoms with Crippen LogP contribution in [0.3, 0.4) is 0 Å². The van der Waals surface area contributed by atoms with Crippen LogP contribution in [0, 0.1) is 19.7 Å². The van der Waals surface area contributed by atoms with Gasteiger partial charge in [-0.2, -0.15) is 0 Å². The van der Waals surface area contributed by atoms with Gasteiger partial charge in [-0.15, -0.1) is 0 Å². The van der Waals surface area contributed by atoms with Crippen molar-refractivity contribution in [3.63, 3.8) is 0 Å². The number of carbonyl (C=O) groups excluding carboxylic acids is 1. The maximum atomic E-state index is 14.2. The van der Waals surface area contributed by atoms with Gasteiger partial charge in [0.15, 0.2) is 0 Å². The Bertz CT molecular complexity index is 858. The summed E-state index contributed by atoms with van der Waals surface area (Å²) < 4.78 is 14.2. The van der Waals surface area contributed by atoms with Crippen LogP contribution in [0.5, 0.6) is 0 Å². The molecule has 1 fully saturated rings. The van der Waals surface area contributed by atoms with Crippen LogP contribution in [0.4, 0.5) is 10.1 Å². The zero-order valence-electron chi connectivity index (χ0n) is 15.8. The van der Waals surface area contributed by atoms with Crippen LogP contribution < -0.4 is 10.6 Å². The number of nitrogens with one attached hydrogen (secondary N) is 2. The lowest BCUT2D eigenvalue weighted by Gasteiger charge is -2.32. The summed E-state index contributed by atoms with van der Waals surface area (Å²) in [5, 5.41) is 6.61. The third-order valence-electron chi connectivity index (χ3n) is 4.86. The fourth-order valence-corrected chi connectivity index (χ4v) is 3.42. The van der Waals surface area contributed by atoms with Crippen molar-refractivity contribution in [3.8, 4) is 0 Å². The van der Waals surface area contributed by atoms with Crippen LogP contribution in [-0.2, 0) is 6.54 Å². The molecule has 7 heteroatoms. The molecule has 0 bridgehead atoms. The molecule has 1 aromatic heterocycles. The number of halogens is 2. The van der Waals surface area contributed by atoms with Gasteiger partial charge < -0.3 is 10.6 Å². The molecule has 1 amide bonds. The Labute approximate surface area is 163 Å². The van der Waals surface area contributed by atoms with Gasteiger partial charge in [-0.05, 0) is 50.1 Å². The molecule has 27 heavy (non-hydrogen) atoms. The van der Waals surface area contributed by atoms with Gasteiger partial charge in [-0.1, -0.05) is 11.6 Å². The molecule has 2 heterocycles. The first-order chi connectivity index (χ1) is 12.8. The summed E-state index contributed by atoms with van der Waals surface area (Å²) in [6.07, 6.45) is 1.47. The highest BCUT2D eigenvalue weighted by atomic mass is 35.5. The normalized spacial score (nSPS) is 17.7. The summed E-state index contributed by atoms with van der Waals surface area (Å²) in [5.41, 5.74) is 3.20. The number of hydrogen-bond donors (Lipinski definition) is 2.